The first-order valence-corrected chi connectivity index (χ1v) is 12.6. The average molecular weight is 514 g/mol. The summed E-state index contributed by atoms with van der Waals surface area (Å²) >= 11 is 0. The van der Waals surface area contributed by atoms with Crippen molar-refractivity contribution < 1.29 is 29.1 Å². The Morgan fingerprint density at radius 1 is 1.03 bits per heavy atom. The van der Waals surface area contributed by atoms with E-state index in [1.807, 2.05) is 38.1 Å². The first-order valence-electron chi connectivity index (χ1n) is 12.6. The van der Waals surface area contributed by atoms with E-state index in [0.29, 0.717) is 19.3 Å². The largest absolute Gasteiger partial charge is 0.481 e. The number of aliphatic carboxylic acids is 1. The van der Waals surface area contributed by atoms with Crippen LogP contribution in [0.15, 0.2) is 30.5 Å². The van der Waals surface area contributed by atoms with E-state index in [4.69, 9.17) is 0 Å². The van der Waals surface area contributed by atoms with Crippen molar-refractivity contribution in [2.24, 2.45) is 5.92 Å². The Morgan fingerprint density at radius 2 is 1.76 bits per heavy atom. The lowest BCUT2D eigenvalue weighted by molar-refractivity contribution is -0.141. The van der Waals surface area contributed by atoms with E-state index in [-0.39, 0.29) is 31.2 Å². The average Bonchev–Trinajstić information content (AvgIpc) is 3.23. The Labute approximate surface area is 215 Å². The molecule has 1 aliphatic heterocycles. The van der Waals surface area contributed by atoms with Crippen LogP contribution in [0.5, 0.6) is 0 Å². The molecule has 2 heterocycles. The Hall–Kier alpha value is -3.89. The fourth-order valence-electron chi connectivity index (χ4n) is 4.36. The third-order valence-corrected chi connectivity index (χ3v) is 6.21. The predicted molar refractivity (Wildman–Crippen MR) is 136 cm³/mol. The van der Waals surface area contributed by atoms with E-state index in [2.05, 4.69) is 26.3 Å². The number of hydrogen-bond acceptors (Lipinski definition) is 5. The first kappa shape index (κ1) is 27.7. The van der Waals surface area contributed by atoms with Crippen LogP contribution in [0, 0.1) is 5.92 Å². The van der Waals surface area contributed by atoms with Gasteiger partial charge in [0.2, 0.25) is 23.6 Å². The van der Waals surface area contributed by atoms with Gasteiger partial charge in [-0.25, -0.2) is 0 Å². The SMILES string of the molecule is CC(C)CC(=O)N[C@H]1CCCCNC(=O)[C@@H](CC(=O)O)NC(=O)[C@@H](Cc2c[nH]c3ccccc23)NC1=O. The zero-order valence-electron chi connectivity index (χ0n) is 21.1. The number of H-pyrrole nitrogens is 1. The third kappa shape index (κ3) is 8.06. The van der Waals surface area contributed by atoms with Gasteiger partial charge in [0.25, 0.3) is 0 Å². The molecule has 0 bridgehead atoms. The molecule has 200 valence electrons. The van der Waals surface area contributed by atoms with Crippen molar-refractivity contribution in [2.75, 3.05) is 6.54 Å². The van der Waals surface area contributed by atoms with Crippen LogP contribution in [0.2, 0.25) is 0 Å². The molecule has 0 aliphatic carbocycles. The lowest BCUT2D eigenvalue weighted by Crippen LogP contribution is -2.57. The quantitative estimate of drug-likeness (QED) is 0.322. The van der Waals surface area contributed by atoms with Crippen LogP contribution in [0.4, 0.5) is 0 Å². The van der Waals surface area contributed by atoms with Gasteiger partial charge in [-0.15, -0.1) is 0 Å². The number of carboxylic acids is 1. The number of fused-ring (bicyclic) bond motifs is 1. The number of aromatic nitrogens is 1. The zero-order valence-corrected chi connectivity index (χ0v) is 21.1. The van der Waals surface area contributed by atoms with Gasteiger partial charge in [-0.3, -0.25) is 24.0 Å². The highest BCUT2D eigenvalue weighted by atomic mass is 16.4. The van der Waals surface area contributed by atoms with E-state index in [0.717, 1.165) is 16.5 Å². The number of hydrogen-bond donors (Lipinski definition) is 6. The Kier molecular flexibility index (Phi) is 9.64. The van der Waals surface area contributed by atoms with Crippen molar-refractivity contribution >= 4 is 40.5 Å². The van der Waals surface area contributed by atoms with E-state index < -0.39 is 48.2 Å². The van der Waals surface area contributed by atoms with Crippen LogP contribution < -0.4 is 21.3 Å². The molecular weight excluding hydrogens is 478 g/mol. The lowest BCUT2D eigenvalue weighted by atomic mass is 10.0. The maximum absolute atomic E-state index is 13.3. The second-order valence-corrected chi connectivity index (χ2v) is 9.79. The van der Waals surface area contributed by atoms with Crippen molar-refractivity contribution in [3.63, 3.8) is 0 Å². The van der Waals surface area contributed by atoms with Gasteiger partial charge in [0.1, 0.15) is 18.1 Å². The van der Waals surface area contributed by atoms with Crippen molar-refractivity contribution in [2.45, 2.75) is 70.5 Å². The number of benzene rings is 1. The first-order chi connectivity index (χ1) is 17.6. The maximum atomic E-state index is 13.3. The molecule has 0 saturated carbocycles. The number of carbonyl (C=O) groups is 5. The smallest absolute Gasteiger partial charge is 0.305 e. The number of para-hydroxylation sites is 1. The minimum absolute atomic E-state index is 0.0929. The molecular formula is C26H35N5O6. The van der Waals surface area contributed by atoms with Crippen LogP contribution >= 0.6 is 0 Å². The minimum Gasteiger partial charge on any atom is -0.481 e. The van der Waals surface area contributed by atoms with Gasteiger partial charge in [-0.1, -0.05) is 32.0 Å². The van der Waals surface area contributed by atoms with Crippen molar-refractivity contribution in [3.05, 3.63) is 36.0 Å². The molecule has 2 aromatic rings. The Balaban J connectivity index is 1.90. The van der Waals surface area contributed by atoms with E-state index >= 15 is 0 Å². The molecule has 1 saturated heterocycles. The molecule has 37 heavy (non-hydrogen) atoms. The summed E-state index contributed by atoms with van der Waals surface area (Å²) in [5, 5.41) is 20.8. The minimum atomic E-state index is -1.30. The summed E-state index contributed by atoms with van der Waals surface area (Å²) in [5.41, 5.74) is 1.62. The summed E-state index contributed by atoms with van der Waals surface area (Å²) in [6.45, 7) is 4.06. The molecule has 11 nitrogen and oxygen atoms in total. The van der Waals surface area contributed by atoms with E-state index in [9.17, 15) is 29.1 Å². The van der Waals surface area contributed by atoms with Gasteiger partial charge in [0.15, 0.2) is 0 Å². The molecule has 3 rings (SSSR count). The third-order valence-electron chi connectivity index (χ3n) is 6.21. The molecule has 1 fully saturated rings. The number of amides is 4. The molecule has 0 spiro atoms. The van der Waals surface area contributed by atoms with Crippen molar-refractivity contribution in [1.82, 2.24) is 26.3 Å². The van der Waals surface area contributed by atoms with Crippen LogP contribution in [-0.2, 0) is 30.4 Å². The summed E-state index contributed by atoms with van der Waals surface area (Å²) in [5.74, 6) is -3.19. The van der Waals surface area contributed by atoms with Gasteiger partial charge >= 0.3 is 5.97 Å². The van der Waals surface area contributed by atoms with E-state index in [1.54, 1.807) is 6.20 Å². The number of carbonyl (C=O) groups excluding carboxylic acids is 4. The molecule has 0 radical (unpaired) electrons. The molecule has 6 N–H and O–H groups in total. The predicted octanol–water partition coefficient (Wildman–Crippen LogP) is 0.986. The second-order valence-electron chi connectivity index (χ2n) is 9.79. The van der Waals surface area contributed by atoms with Crippen LogP contribution in [0.25, 0.3) is 10.9 Å². The van der Waals surface area contributed by atoms with Gasteiger partial charge < -0.3 is 31.4 Å². The van der Waals surface area contributed by atoms with Crippen LogP contribution in [0.3, 0.4) is 0 Å². The molecule has 0 unspecified atom stereocenters. The van der Waals surface area contributed by atoms with Gasteiger partial charge in [-0.2, -0.15) is 0 Å². The van der Waals surface area contributed by atoms with Gasteiger partial charge in [0.05, 0.1) is 6.42 Å². The topological polar surface area (TPSA) is 169 Å². The lowest BCUT2D eigenvalue weighted by Gasteiger charge is -2.24. The summed E-state index contributed by atoms with van der Waals surface area (Å²) in [6.07, 6.45) is 2.87. The summed E-state index contributed by atoms with van der Waals surface area (Å²) in [6, 6.07) is 4.24. The number of carboxylic acid groups (broad SMARTS) is 1. The maximum Gasteiger partial charge on any atom is 0.305 e. The normalized spacial score (nSPS) is 21.7. The van der Waals surface area contributed by atoms with Gasteiger partial charge in [0, 0.05) is 36.5 Å². The Morgan fingerprint density at radius 3 is 2.49 bits per heavy atom. The molecule has 1 aromatic carbocycles. The zero-order chi connectivity index (χ0) is 26.9. The number of rotatable bonds is 7. The fraction of sp³-hybridized carbons (Fsp3) is 0.500. The highest BCUT2D eigenvalue weighted by Crippen LogP contribution is 2.19. The summed E-state index contributed by atoms with van der Waals surface area (Å²) in [7, 11) is 0. The molecule has 1 aliphatic rings. The monoisotopic (exact) mass is 513 g/mol. The fourth-order valence-corrected chi connectivity index (χ4v) is 4.36. The second kappa shape index (κ2) is 12.9. The van der Waals surface area contributed by atoms with Crippen molar-refractivity contribution in [1.29, 1.82) is 0 Å². The highest BCUT2D eigenvalue weighted by molar-refractivity contribution is 5.96. The molecule has 1 aromatic heterocycles. The van der Waals surface area contributed by atoms with E-state index in [1.165, 1.54) is 0 Å². The van der Waals surface area contributed by atoms with Crippen LogP contribution in [-0.4, -0.2) is 64.4 Å². The highest BCUT2D eigenvalue weighted by Gasteiger charge is 2.31. The number of aromatic amines is 1. The van der Waals surface area contributed by atoms with Crippen LogP contribution in [0.1, 0.15) is 51.5 Å². The summed E-state index contributed by atoms with van der Waals surface area (Å²) < 4.78 is 0. The standard InChI is InChI=1S/C26H35N5O6/c1-15(2)11-22(32)29-19-9-5-6-10-27-24(35)21(13-23(33)34)31-26(37)20(30-25(19)36)12-16-14-28-18-8-4-3-7-17(16)18/h3-4,7-8,14-15,19-21,28H,5-6,9-13H2,1-2H3,(H,27,35)(H,29,32)(H,30,36)(H,31,37)(H,33,34)/t19-,20+,21+/m0/s1. The Bertz CT molecular complexity index is 1140. The van der Waals surface area contributed by atoms with Crippen molar-refractivity contribution in [3.8, 4) is 0 Å². The molecule has 3 atom stereocenters. The molecule has 4 amide bonds. The molecule has 11 heteroatoms. The summed E-state index contributed by atoms with van der Waals surface area (Å²) in [4.78, 5) is 66.2. The van der Waals surface area contributed by atoms with Gasteiger partial charge in [-0.05, 0) is 36.8 Å². The number of nitrogens with one attached hydrogen (secondary N) is 5.